The van der Waals surface area contributed by atoms with E-state index in [-0.39, 0.29) is 24.5 Å². The third kappa shape index (κ3) is 4.04. The maximum atomic E-state index is 11.2. The Morgan fingerprint density at radius 2 is 2.07 bits per heavy atom. The van der Waals surface area contributed by atoms with E-state index < -0.39 is 5.97 Å². The van der Waals surface area contributed by atoms with Crippen molar-refractivity contribution in [2.24, 2.45) is 5.73 Å². The number of carbonyl (C=O) groups excluding carboxylic acids is 1. The van der Waals surface area contributed by atoms with Crippen LogP contribution in [0.3, 0.4) is 0 Å². The summed E-state index contributed by atoms with van der Waals surface area (Å²) in [6.45, 7) is 4.42. The van der Waals surface area contributed by atoms with E-state index >= 15 is 0 Å². The molecule has 0 aromatic carbocycles. The van der Waals surface area contributed by atoms with Crippen LogP contribution >= 0.6 is 0 Å². The van der Waals surface area contributed by atoms with Gasteiger partial charge in [0.15, 0.2) is 0 Å². The van der Waals surface area contributed by atoms with Crippen LogP contribution in [0.25, 0.3) is 0 Å². The molecule has 14 heavy (non-hydrogen) atoms. The van der Waals surface area contributed by atoms with Gasteiger partial charge in [-0.2, -0.15) is 0 Å². The summed E-state index contributed by atoms with van der Waals surface area (Å²) in [7, 11) is 0. The highest BCUT2D eigenvalue weighted by atomic mass is 16.5. The van der Waals surface area contributed by atoms with Crippen molar-refractivity contribution in [3.63, 3.8) is 0 Å². The van der Waals surface area contributed by atoms with Gasteiger partial charge in [-0.1, -0.05) is 0 Å². The highest BCUT2D eigenvalue weighted by Gasteiger charge is 2.11. The minimum Gasteiger partial charge on any atom is -0.462 e. The molecule has 0 bridgehead atoms. The van der Waals surface area contributed by atoms with Crippen LogP contribution in [-0.4, -0.2) is 32.0 Å². The molecule has 0 unspecified atom stereocenters. The molecule has 0 saturated carbocycles. The number of nitrogens with one attached hydrogen (secondary N) is 1. The Labute approximate surface area is 83.4 Å². The number of rotatable bonds is 6. The van der Waals surface area contributed by atoms with E-state index in [0.29, 0.717) is 6.61 Å². The van der Waals surface area contributed by atoms with E-state index in [1.807, 2.05) is 6.92 Å². The van der Waals surface area contributed by atoms with Crippen LogP contribution in [0, 0.1) is 5.41 Å². The van der Waals surface area contributed by atoms with E-state index in [2.05, 4.69) is 0 Å². The molecule has 0 heterocycles. The maximum absolute atomic E-state index is 11.2. The lowest BCUT2D eigenvalue weighted by molar-refractivity contribution is -0.137. The highest BCUT2D eigenvalue weighted by Crippen LogP contribution is 2.00. The van der Waals surface area contributed by atoms with E-state index in [1.54, 1.807) is 6.92 Å². The Morgan fingerprint density at radius 3 is 2.50 bits per heavy atom. The zero-order chi connectivity index (χ0) is 11.0. The molecule has 5 nitrogen and oxygen atoms in total. The van der Waals surface area contributed by atoms with E-state index in [4.69, 9.17) is 20.6 Å². The molecule has 0 atom stereocenters. The topological polar surface area (TPSA) is 85.4 Å². The van der Waals surface area contributed by atoms with Crippen molar-refractivity contribution < 1.29 is 14.3 Å². The van der Waals surface area contributed by atoms with Crippen molar-refractivity contribution in [2.45, 2.75) is 13.8 Å². The first-order valence-electron chi connectivity index (χ1n) is 4.41. The Kier molecular flexibility index (Phi) is 6.39. The average molecular weight is 200 g/mol. The Balaban J connectivity index is 4.48. The molecule has 5 heteroatoms. The molecule has 0 fully saturated rings. The van der Waals surface area contributed by atoms with Crippen molar-refractivity contribution >= 4 is 12.2 Å². The first-order valence-corrected chi connectivity index (χ1v) is 4.41. The molecule has 80 valence electrons. The summed E-state index contributed by atoms with van der Waals surface area (Å²) in [5, 5.41) is 7.02. The van der Waals surface area contributed by atoms with Gasteiger partial charge in [-0.25, -0.2) is 4.79 Å². The maximum Gasteiger partial charge on any atom is 0.341 e. The SMILES string of the molecule is CCOCC(N)=C(C=N)C(=O)OCC. The van der Waals surface area contributed by atoms with Crippen LogP contribution < -0.4 is 5.73 Å². The zero-order valence-electron chi connectivity index (χ0n) is 8.50. The molecule has 0 aromatic rings. The second kappa shape index (κ2) is 7.08. The molecular weight excluding hydrogens is 184 g/mol. The fraction of sp³-hybridized carbons (Fsp3) is 0.556. The van der Waals surface area contributed by atoms with Crippen LogP contribution in [0.1, 0.15) is 13.8 Å². The minimum atomic E-state index is -0.584. The Morgan fingerprint density at radius 1 is 1.43 bits per heavy atom. The number of ether oxygens (including phenoxy) is 2. The predicted octanol–water partition coefficient (Wildman–Crippen LogP) is 0.448. The van der Waals surface area contributed by atoms with Crippen LogP contribution in [0.2, 0.25) is 0 Å². The number of nitrogens with two attached hydrogens (primary N) is 1. The molecule has 0 saturated heterocycles. The third-order valence-corrected chi connectivity index (χ3v) is 1.45. The smallest absolute Gasteiger partial charge is 0.341 e. The molecule has 0 rings (SSSR count). The lowest BCUT2D eigenvalue weighted by Crippen LogP contribution is -2.18. The first-order chi connectivity index (χ1) is 6.67. The van der Waals surface area contributed by atoms with Crippen molar-refractivity contribution in [3.05, 3.63) is 11.3 Å². The summed E-state index contributed by atoms with van der Waals surface area (Å²) in [5.41, 5.74) is 5.83. The van der Waals surface area contributed by atoms with Crippen LogP contribution in [0.4, 0.5) is 0 Å². The second-order valence-electron chi connectivity index (χ2n) is 2.44. The van der Waals surface area contributed by atoms with Crippen LogP contribution in [-0.2, 0) is 14.3 Å². The quantitative estimate of drug-likeness (QED) is 0.370. The Hall–Kier alpha value is -1.36. The van der Waals surface area contributed by atoms with E-state index in [1.165, 1.54) is 0 Å². The van der Waals surface area contributed by atoms with Crippen molar-refractivity contribution in [1.29, 1.82) is 5.41 Å². The minimum absolute atomic E-state index is 0.0558. The summed E-state index contributed by atoms with van der Waals surface area (Å²) in [4.78, 5) is 11.2. The fourth-order valence-corrected chi connectivity index (χ4v) is 0.781. The number of hydrogen-bond donors (Lipinski definition) is 2. The van der Waals surface area contributed by atoms with Crippen molar-refractivity contribution in [3.8, 4) is 0 Å². The molecule has 0 spiro atoms. The predicted molar refractivity (Wildman–Crippen MR) is 53.1 cm³/mol. The lowest BCUT2D eigenvalue weighted by atomic mass is 10.2. The highest BCUT2D eigenvalue weighted by molar-refractivity contribution is 6.09. The van der Waals surface area contributed by atoms with Gasteiger partial charge in [-0.3, -0.25) is 0 Å². The molecule has 0 aliphatic heterocycles. The van der Waals surface area contributed by atoms with Gasteiger partial charge in [0.2, 0.25) is 0 Å². The average Bonchev–Trinajstić information content (AvgIpc) is 2.16. The largest absolute Gasteiger partial charge is 0.462 e. The van der Waals surface area contributed by atoms with Gasteiger partial charge in [0.05, 0.1) is 24.5 Å². The molecule has 0 aliphatic carbocycles. The number of hydrogen-bond acceptors (Lipinski definition) is 5. The summed E-state index contributed by atoms with van der Waals surface area (Å²) in [6, 6.07) is 0. The van der Waals surface area contributed by atoms with Gasteiger partial charge in [0.1, 0.15) is 0 Å². The van der Waals surface area contributed by atoms with Crippen LogP contribution in [0.5, 0.6) is 0 Å². The molecule has 0 aromatic heterocycles. The first kappa shape index (κ1) is 12.6. The Bertz CT molecular complexity index is 236. The second-order valence-corrected chi connectivity index (χ2v) is 2.44. The summed E-state index contributed by atoms with van der Waals surface area (Å²) in [5.74, 6) is -0.584. The van der Waals surface area contributed by atoms with Gasteiger partial charge in [0.25, 0.3) is 0 Å². The van der Waals surface area contributed by atoms with Gasteiger partial charge in [-0.05, 0) is 13.8 Å². The molecule has 0 radical (unpaired) electrons. The normalized spacial score (nSPS) is 11.9. The summed E-state index contributed by atoms with van der Waals surface area (Å²) >= 11 is 0. The van der Waals surface area contributed by atoms with Crippen LogP contribution in [0.15, 0.2) is 11.3 Å². The van der Waals surface area contributed by atoms with E-state index in [9.17, 15) is 4.79 Å². The van der Waals surface area contributed by atoms with Gasteiger partial charge >= 0.3 is 5.97 Å². The molecule has 0 aliphatic rings. The number of carbonyl (C=O) groups is 1. The van der Waals surface area contributed by atoms with E-state index in [0.717, 1.165) is 6.21 Å². The fourth-order valence-electron chi connectivity index (χ4n) is 0.781. The number of esters is 1. The zero-order valence-corrected chi connectivity index (χ0v) is 8.50. The summed E-state index contributed by atoms with van der Waals surface area (Å²) in [6.07, 6.45) is 0.881. The van der Waals surface area contributed by atoms with Crippen molar-refractivity contribution in [1.82, 2.24) is 0 Å². The molecule has 3 N–H and O–H groups in total. The van der Waals surface area contributed by atoms with Crippen molar-refractivity contribution in [2.75, 3.05) is 19.8 Å². The monoisotopic (exact) mass is 200 g/mol. The third-order valence-electron chi connectivity index (χ3n) is 1.45. The lowest BCUT2D eigenvalue weighted by Gasteiger charge is -2.06. The molecular formula is C9H16N2O3. The van der Waals surface area contributed by atoms with Gasteiger partial charge < -0.3 is 20.6 Å². The standard InChI is InChI=1S/C9H16N2O3/c1-3-13-6-8(11)7(5-10)9(12)14-4-2/h5,10H,3-4,6,11H2,1-2H3. The molecule has 0 amide bonds. The van der Waals surface area contributed by atoms with Gasteiger partial charge in [0, 0.05) is 12.8 Å². The summed E-state index contributed by atoms with van der Waals surface area (Å²) < 4.78 is 9.72. The van der Waals surface area contributed by atoms with Gasteiger partial charge in [-0.15, -0.1) is 0 Å².